The summed E-state index contributed by atoms with van der Waals surface area (Å²) < 4.78 is 0.687. The van der Waals surface area contributed by atoms with Gasteiger partial charge in [-0.3, -0.25) is 9.59 Å². The second kappa shape index (κ2) is 7.24. The molecule has 1 aromatic heterocycles. The van der Waals surface area contributed by atoms with Gasteiger partial charge < -0.3 is 10.6 Å². The number of benzene rings is 1. The van der Waals surface area contributed by atoms with E-state index in [1.807, 2.05) is 25.1 Å². The smallest absolute Gasteiger partial charge is 0.251 e. The van der Waals surface area contributed by atoms with Crippen LogP contribution in [0.4, 0.5) is 0 Å². The number of nitrogens with one attached hydrogen (secondary N) is 2. The van der Waals surface area contributed by atoms with Crippen molar-refractivity contribution >= 4 is 34.8 Å². The van der Waals surface area contributed by atoms with E-state index in [4.69, 9.17) is 11.6 Å². The Labute approximate surface area is 132 Å². The van der Waals surface area contributed by atoms with Crippen LogP contribution in [-0.2, 0) is 11.3 Å². The molecular formula is C15H15ClN2O2S. The summed E-state index contributed by atoms with van der Waals surface area (Å²) in [6.45, 7) is 2.28. The van der Waals surface area contributed by atoms with Crippen molar-refractivity contribution < 1.29 is 9.59 Å². The molecule has 21 heavy (non-hydrogen) atoms. The van der Waals surface area contributed by atoms with Gasteiger partial charge in [-0.1, -0.05) is 29.3 Å². The molecule has 0 saturated carbocycles. The number of carbonyl (C=O) groups is 2. The van der Waals surface area contributed by atoms with Gasteiger partial charge in [0, 0.05) is 10.4 Å². The van der Waals surface area contributed by atoms with E-state index in [9.17, 15) is 9.59 Å². The standard InChI is InChI=1S/C15H15ClN2O2S/c1-10-3-2-4-11(7-10)15(20)18-9-14(19)17-8-12-5-6-13(16)21-12/h2-7H,8-9H2,1H3,(H,17,19)(H,18,20). The Hall–Kier alpha value is -1.85. The molecule has 0 bridgehead atoms. The molecule has 0 atom stereocenters. The molecule has 2 rings (SSSR count). The number of rotatable bonds is 5. The molecule has 2 N–H and O–H groups in total. The summed E-state index contributed by atoms with van der Waals surface area (Å²) in [6.07, 6.45) is 0. The van der Waals surface area contributed by atoms with Crippen LogP contribution >= 0.6 is 22.9 Å². The third kappa shape index (κ3) is 4.88. The van der Waals surface area contributed by atoms with Crippen molar-refractivity contribution in [2.24, 2.45) is 0 Å². The molecule has 0 spiro atoms. The third-order valence-electron chi connectivity index (χ3n) is 2.78. The van der Waals surface area contributed by atoms with Crippen molar-refractivity contribution in [1.29, 1.82) is 0 Å². The first-order valence-electron chi connectivity index (χ1n) is 6.40. The van der Waals surface area contributed by atoms with Crippen LogP contribution in [0.2, 0.25) is 4.34 Å². The van der Waals surface area contributed by atoms with Gasteiger partial charge >= 0.3 is 0 Å². The molecule has 2 aromatic rings. The second-order valence-electron chi connectivity index (χ2n) is 4.53. The van der Waals surface area contributed by atoms with E-state index in [2.05, 4.69) is 10.6 Å². The zero-order chi connectivity index (χ0) is 15.2. The average molecular weight is 323 g/mol. The minimum absolute atomic E-state index is 0.0497. The molecule has 0 aliphatic rings. The predicted octanol–water partition coefficient (Wildman–Crippen LogP) is 2.76. The maximum absolute atomic E-state index is 11.9. The van der Waals surface area contributed by atoms with Crippen molar-refractivity contribution in [2.45, 2.75) is 13.5 Å². The predicted molar refractivity (Wildman–Crippen MR) is 84.7 cm³/mol. The number of amides is 2. The lowest BCUT2D eigenvalue weighted by Crippen LogP contribution is -2.36. The molecule has 110 valence electrons. The number of hydrogen-bond donors (Lipinski definition) is 2. The third-order valence-corrected chi connectivity index (χ3v) is 4.01. The maximum atomic E-state index is 11.9. The van der Waals surface area contributed by atoms with Crippen LogP contribution in [-0.4, -0.2) is 18.4 Å². The molecule has 1 aromatic carbocycles. The van der Waals surface area contributed by atoms with Gasteiger partial charge in [0.15, 0.2) is 0 Å². The van der Waals surface area contributed by atoms with Crippen molar-refractivity contribution in [3.63, 3.8) is 0 Å². The molecule has 0 saturated heterocycles. The van der Waals surface area contributed by atoms with E-state index < -0.39 is 0 Å². The van der Waals surface area contributed by atoms with Gasteiger partial charge in [0.2, 0.25) is 5.91 Å². The van der Waals surface area contributed by atoms with Crippen LogP contribution in [0.5, 0.6) is 0 Å². The van der Waals surface area contributed by atoms with E-state index in [1.165, 1.54) is 11.3 Å². The van der Waals surface area contributed by atoms with Gasteiger partial charge in [0.05, 0.1) is 17.4 Å². The molecule has 0 aliphatic carbocycles. The molecule has 2 amide bonds. The molecule has 1 heterocycles. The fourth-order valence-corrected chi connectivity index (χ4v) is 2.77. The zero-order valence-electron chi connectivity index (χ0n) is 11.5. The number of halogens is 1. The highest BCUT2D eigenvalue weighted by Crippen LogP contribution is 2.20. The van der Waals surface area contributed by atoms with E-state index in [1.54, 1.807) is 18.2 Å². The monoisotopic (exact) mass is 322 g/mol. The van der Waals surface area contributed by atoms with Gasteiger partial charge in [0.1, 0.15) is 0 Å². The molecule has 0 unspecified atom stereocenters. The number of aryl methyl sites for hydroxylation is 1. The summed E-state index contributed by atoms with van der Waals surface area (Å²) >= 11 is 7.22. The Bertz CT molecular complexity index is 655. The Balaban J connectivity index is 1.77. The highest BCUT2D eigenvalue weighted by atomic mass is 35.5. The largest absolute Gasteiger partial charge is 0.350 e. The van der Waals surface area contributed by atoms with E-state index in [-0.39, 0.29) is 18.4 Å². The summed E-state index contributed by atoms with van der Waals surface area (Å²) in [5.74, 6) is -0.492. The van der Waals surface area contributed by atoms with Gasteiger partial charge in [-0.15, -0.1) is 11.3 Å². The van der Waals surface area contributed by atoms with Crippen molar-refractivity contribution in [3.05, 3.63) is 56.7 Å². The first-order chi connectivity index (χ1) is 10.0. The normalized spacial score (nSPS) is 10.2. The zero-order valence-corrected chi connectivity index (χ0v) is 13.1. The Kier molecular flexibility index (Phi) is 5.36. The molecule has 0 radical (unpaired) electrons. The quantitative estimate of drug-likeness (QED) is 0.889. The number of carbonyl (C=O) groups excluding carboxylic acids is 2. The average Bonchev–Trinajstić information content (AvgIpc) is 2.88. The molecule has 0 aliphatic heterocycles. The molecule has 6 heteroatoms. The fraction of sp³-hybridized carbons (Fsp3) is 0.200. The molecule has 4 nitrogen and oxygen atoms in total. The summed E-state index contributed by atoms with van der Waals surface area (Å²) in [7, 11) is 0. The van der Waals surface area contributed by atoms with Gasteiger partial charge in [0.25, 0.3) is 5.91 Å². The summed E-state index contributed by atoms with van der Waals surface area (Å²) in [5, 5.41) is 5.32. The molecule has 0 fully saturated rings. The van der Waals surface area contributed by atoms with Crippen LogP contribution in [0.25, 0.3) is 0 Å². The lowest BCUT2D eigenvalue weighted by molar-refractivity contribution is -0.120. The van der Waals surface area contributed by atoms with Crippen LogP contribution in [0.1, 0.15) is 20.8 Å². The summed E-state index contributed by atoms with van der Waals surface area (Å²) in [6, 6.07) is 10.9. The lowest BCUT2D eigenvalue weighted by Gasteiger charge is -2.06. The van der Waals surface area contributed by atoms with Crippen LogP contribution in [0.15, 0.2) is 36.4 Å². The van der Waals surface area contributed by atoms with E-state index in [0.29, 0.717) is 16.4 Å². The Morgan fingerprint density at radius 3 is 2.67 bits per heavy atom. The topological polar surface area (TPSA) is 58.2 Å². The fourth-order valence-electron chi connectivity index (χ4n) is 1.74. The minimum atomic E-state index is -0.256. The highest BCUT2D eigenvalue weighted by molar-refractivity contribution is 7.16. The van der Waals surface area contributed by atoms with Crippen LogP contribution in [0.3, 0.4) is 0 Å². The van der Waals surface area contributed by atoms with Crippen molar-refractivity contribution in [3.8, 4) is 0 Å². The van der Waals surface area contributed by atoms with Gasteiger partial charge in [-0.05, 0) is 31.2 Å². The summed E-state index contributed by atoms with van der Waals surface area (Å²) in [5.41, 5.74) is 1.55. The first-order valence-corrected chi connectivity index (χ1v) is 7.60. The number of thiophene rings is 1. The Morgan fingerprint density at radius 2 is 2.00 bits per heavy atom. The van der Waals surface area contributed by atoms with Crippen molar-refractivity contribution in [1.82, 2.24) is 10.6 Å². The Morgan fingerprint density at radius 1 is 1.19 bits per heavy atom. The van der Waals surface area contributed by atoms with Gasteiger partial charge in [-0.2, -0.15) is 0 Å². The first kappa shape index (κ1) is 15.5. The molecular weight excluding hydrogens is 308 g/mol. The van der Waals surface area contributed by atoms with Crippen LogP contribution in [0, 0.1) is 6.92 Å². The van der Waals surface area contributed by atoms with Crippen LogP contribution < -0.4 is 10.6 Å². The number of hydrogen-bond acceptors (Lipinski definition) is 3. The highest BCUT2D eigenvalue weighted by Gasteiger charge is 2.08. The SMILES string of the molecule is Cc1cccc(C(=O)NCC(=O)NCc2ccc(Cl)s2)c1. The maximum Gasteiger partial charge on any atom is 0.251 e. The van der Waals surface area contributed by atoms with E-state index in [0.717, 1.165) is 10.4 Å². The lowest BCUT2D eigenvalue weighted by atomic mass is 10.1. The van der Waals surface area contributed by atoms with E-state index >= 15 is 0 Å². The summed E-state index contributed by atoms with van der Waals surface area (Å²) in [4.78, 5) is 24.5. The minimum Gasteiger partial charge on any atom is -0.350 e. The van der Waals surface area contributed by atoms with Gasteiger partial charge in [-0.25, -0.2) is 0 Å². The van der Waals surface area contributed by atoms with Crippen molar-refractivity contribution in [2.75, 3.05) is 6.54 Å². The second-order valence-corrected chi connectivity index (χ2v) is 6.33.